The van der Waals surface area contributed by atoms with Crippen LogP contribution in [0.15, 0.2) is 152 Å². The second-order valence-corrected chi connectivity index (χ2v) is 17.0. The quantitative estimate of drug-likeness (QED) is 0.164. The first-order valence-electron chi connectivity index (χ1n) is 19.0. The van der Waals surface area contributed by atoms with Crippen molar-refractivity contribution in [2.24, 2.45) is 0 Å². The molecule has 1 aliphatic rings. The van der Waals surface area contributed by atoms with E-state index in [1.807, 2.05) is 0 Å². The van der Waals surface area contributed by atoms with Crippen molar-refractivity contribution in [3.8, 4) is 27.9 Å². The second kappa shape index (κ2) is 11.4. The SMILES string of the molecule is CC(C)(C)c1ccc2c3ccc(C(C)(C)C)c4c3n(c2c1)-c1ccccc1B4n1c2cc(-c3ccccc3)ccc2c2ccc(-c3ccccc3)cc21. The monoisotopic (exact) mass is 682 g/mol. The molecule has 256 valence electrons. The van der Waals surface area contributed by atoms with Crippen molar-refractivity contribution in [2.75, 3.05) is 0 Å². The number of benzene rings is 7. The van der Waals surface area contributed by atoms with E-state index < -0.39 is 0 Å². The molecule has 0 spiro atoms. The first-order valence-corrected chi connectivity index (χ1v) is 19.0. The van der Waals surface area contributed by atoms with Gasteiger partial charge in [-0.05, 0) is 79.4 Å². The standard InChI is InChI=1S/C50H43BN2/c1-49(2,3)36-23-26-39-40-27-28-41(50(4,5)6)47-48(40)52(44(39)31-36)43-20-14-13-19-42(43)51(47)53-45-29-34(32-15-9-7-10-16-32)21-24-37(45)38-25-22-35(30-46(38)53)33-17-11-8-12-18-33/h7-31H,1-6H3. The van der Waals surface area contributed by atoms with E-state index in [1.54, 1.807) is 0 Å². The van der Waals surface area contributed by atoms with Gasteiger partial charge in [0.05, 0.1) is 11.0 Å². The van der Waals surface area contributed by atoms with Crippen LogP contribution in [0.5, 0.6) is 0 Å². The average molecular weight is 683 g/mol. The fourth-order valence-electron chi connectivity index (χ4n) is 9.07. The molecule has 53 heavy (non-hydrogen) atoms. The predicted molar refractivity (Wildman–Crippen MR) is 229 cm³/mol. The van der Waals surface area contributed by atoms with Gasteiger partial charge in [-0.3, -0.25) is 0 Å². The zero-order chi connectivity index (χ0) is 36.2. The lowest BCUT2D eigenvalue weighted by Crippen LogP contribution is -2.55. The van der Waals surface area contributed by atoms with Gasteiger partial charge in [0.15, 0.2) is 0 Å². The predicted octanol–water partition coefficient (Wildman–Crippen LogP) is 11.8. The summed E-state index contributed by atoms with van der Waals surface area (Å²) in [7, 11) is 0. The zero-order valence-electron chi connectivity index (χ0n) is 31.4. The van der Waals surface area contributed by atoms with Crippen molar-refractivity contribution in [2.45, 2.75) is 52.4 Å². The van der Waals surface area contributed by atoms with Gasteiger partial charge in [0, 0.05) is 38.3 Å². The van der Waals surface area contributed by atoms with Crippen LogP contribution in [0.25, 0.3) is 71.6 Å². The highest BCUT2D eigenvalue weighted by Crippen LogP contribution is 2.41. The first-order chi connectivity index (χ1) is 25.6. The van der Waals surface area contributed by atoms with Crippen molar-refractivity contribution in [3.05, 3.63) is 163 Å². The van der Waals surface area contributed by atoms with Crippen LogP contribution in [0.2, 0.25) is 0 Å². The highest BCUT2D eigenvalue weighted by atomic mass is 15.0. The van der Waals surface area contributed by atoms with E-state index in [1.165, 1.54) is 93.6 Å². The number of rotatable bonds is 3. The van der Waals surface area contributed by atoms with Gasteiger partial charge in [-0.15, -0.1) is 0 Å². The van der Waals surface area contributed by atoms with E-state index in [0.29, 0.717) is 0 Å². The largest absolute Gasteiger partial charge is 0.376 e. The Kier molecular flexibility index (Phi) is 6.83. The summed E-state index contributed by atoms with van der Waals surface area (Å²) in [5, 5.41) is 5.19. The molecule has 2 nitrogen and oxygen atoms in total. The molecule has 0 radical (unpaired) electrons. The van der Waals surface area contributed by atoms with E-state index >= 15 is 0 Å². The van der Waals surface area contributed by atoms with Crippen LogP contribution in [0.3, 0.4) is 0 Å². The molecule has 2 aromatic heterocycles. The summed E-state index contributed by atoms with van der Waals surface area (Å²) in [5.41, 5.74) is 16.7. The first kappa shape index (κ1) is 31.9. The summed E-state index contributed by atoms with van der Waals surface area (Å²) in [6.07, 6.45) is 0. The van der Waals surface area contributed by atoms with E-state index in [0.717, 1.165) is 0 Å². The van der Waals surface area contributed by atoms with E-state index in [9.17, 15) is 0 Å². The molecular weight excluding hydrogens is 639 g/mol. The lowest BCUT2D eigenvalue weighted by atomic mass is 9.46. The van der Waals surface area contributed by atoms with Crippen molar-refractivity contribution < 1.29 is 0 Å². The molecule has 0 N–H and O–H groups in total. The third kappa shape index (κ3) is 4.80. The maximum absolute atomic E-state index is 2.69. The zero-order valence-corrected chi connectivity index (χ0v) is 31.4. The highest BCUT2D eigenvalue weighted by molar-refractivity contribution is 6.88. The normalized spacial score (nSPS) is 13.1. The maximum atomic E-state index is 2.69. The molecule has 0 fully saturated rings. The Balaban J connectivity index is 1.39. The van der Waals surface area contributed by atoms with E-state index in [4.69, 9.17) is 0 Å². The molecule has 0 saturated carbocycles. The van der Waals surface area contributed by atoms with Gasteiger partial charge in [-0.1, -0.05) is 169 Å². The van der Waals surface area contributed by atoms with Gasteiger partial charge in [-0.25, -0.2) is 0 Å². The number of hydrogen-bond donors (Lipinski definition) is 0. The minimum Gasteiger partial charge on any atom is -0.376 e. The van der Waals surface area contributed by atoms with Crippen molar-refractivity contribution in [1.29, 1.82) is 0 Å². The molecule has 7 aromatic carbocycles. The summed E-state index contributed by atoms with van der Waals surface area (Å²) in [6, 6.07) is 57.0. The lowest BCUT2D eigenvalue weighted by Gasteiger charge is -2.33. The molecule has 0 amide bonds. The van der Waals surface area contributed by atoms with Crippen molar-refractivity contribution >= 4 is 61.4 Å². The molecule has 1 aliphatic heterocycles. The Morgan fingerprint density at radius 2 is 0.962 bits per heavy atom. The van der Waals surface area contributed by atoms with Crippen LogP contribution in [0, 0.1) is 0 Å². The number of aromatic nitrogens is 2. The van der Waals surface area contributed by atoms with Crippen LogP contribution in [-0.4, -0.2) is 15.9 Å². The van der Waals surface area contributed by atoms with Crippen LogP contribution < -0.4 is 10.9 Å². The van der Waals surface area contributed by atoms with Crippen LogP contribution in [-0.2, 0) is 10.8 Å². The van der Waals surface area contributed by atoms with Gasteiger partial charge in [0.2, 0.25) is 0 Å². The Hall–Kier alpha value is -5.80. The summed E-state index contributed by atoms with van der Waals surface area (Å²) in [4.78, 5) is 0. The molecule has 3 heteroatoms. The maximum Gasteiger partial charge on any atom is 0.332 e. The topological polar surface area (TPSA) is 9.86 Å². The molecule has 0 aliphatic carbocycles. The Labute approximate surface area is 312 Å². The van der Waals surface area contributed by atoms with E-state index in [-0.39, 0.29) is 17.7 Å². The number of hydrogen-bond acceptors (Lipinski definition) is 0. The Morgan fingerprint density at radius 1 is 0.434 bits per heavy atom. The fraction of sp³-hybridized carbons (Fsp3) is 0.160. The lowest BCUT2D eigenvalue weighted by molar-refractivity contribution is 0.591. The second-order valence-electron chi connectivity index (χ2n) is 17.0. The van der Waals surface area contributed by atoms with Gasteiger partial charge >= 0.3 is 6.85 Å². The molecule has 0 bridgehead atoms. The van der Waals surface area contributed by atoms with Crippen molar-refractivity contribution in [1.82, 2.24) is 9.05 Å². The molecule has 9 aromatic rings. The van der Waals surface area contributed by atoms with Crippen molar-refractivity contribution in [3.63, 3.8) is 0 Å². The molecule has 0 atom stereocenters. The Morgan fingerprint density at radius 3 is 1.55 bits per heavy atom. The van der Waals surface area contributed by atoms with Crippen LogP contribution in [0.4, 0.5) is 0 Å². The van der Waals surface area contributed by atoms with Crippen LogP contribution in [0.1, 0.15) is 52.7 Å². The molecule has 10 rings (SSSR count). The highest BCUT2D eigenvalue weighted by Gasteiger charge is 2.40. The Bertz CT molecular complexity index is 2800. The third-order valence-corrected chi connectivity index (χ3v) is 11.7. The van der Waals surface area contributed by atoms with Gasteiger partial charge in [-0.2, -0.15) is 0 Å². The van der Waals surface area contributed by atoms with Gasteiger partial charge < -0.3 is 9.05 Å². The summed E-state index contributed by atoms with van der Waals surface area (Å²) in [5.74, 6) is 0. The summed E-state index contributed by atoms with van der Waals surface area (Å²) in [6.45, 7) is 14.0. The van der Waals surface area contributed by atoms with Gasteiger partial charge in [0.25, 0.3) is 0 Å². The number of para-hydroxylation sites is 1. The van der Waals surface area contributed by atoms with Gasteiger partial charge in [0.1, 0.15) is 0 Å². The van der Waals surface area contributed by atoms with E-state index in [2.05, 4.69) is 202 Å². The molecule has 0 saturated heterocycles. The third-order valence-electron chi connectivity index (χ3n) is 11.7. The molecule has 3 heterocycles. The summed E-state index contributed by atoms with van der Waals surface area (Å²) >= 11 is 0. The number of fused-ring (bicyclic) bond motifs is 8. The van der Waals surface area contributed by atoms with Crippen LogP contribution >= 0.6 is 0 Å². The summed E-state index contributed by atoms with van der Waals surface area (Å²) < 4.78 is 5.28. The minimum atomic E-state index is -0.0882. The fourth-order valence-corrected chi connectivity index (χ4v) is 9.07. The molecular formula is C50H43BN2. The number of nitrogens with zero attached hydrogens (tertiary/aromatic N) is 2. The minimum absolute atomic E-state index is 0.0386. The smallest absolute Gasteiger partial charge is 0.332 e. The molecule has 0 unspecified atom stereocenters. The average Bonchev–Trinajstić information content (AvgIpc) is 3.67.